The van der Waals surface area contributed by atoms with Crippen molar-refractivity contribution in [3.05, 3.63) is 0 Å². The molecule has 1 saturated heterocycles. The largest absolute Gasteiger partial charge is 0.397 e. The maximum absolute atomic E-state index is 12.0. The highest BCUT2D eigenvalue weighted by Gasteiger charge is 2.35. The van der Waals surface area contributed by atoms with Gasteiger partial charge in [-0.05, 0) is 25.9 Å². The number of hydrogen-bond donors (Lipinski definition) is 2. The van der Waals surface area contributed by atoms with Crippen LogP contribution in [0.2, 0.25) is 0 Å². The SMILES string of the molecule is COCC1(CNC(=O)CC(F)(F)F)CCNCC1. The molecule has 0 aromatic heterocycles. The molecule has 2 N–H and O–H groups in total. The van der Waals surface area contributed by atoms with Crippen LogP contribution >= 0.6 is 0 Å². The molecule has 0 unspecified atom stereocenters. The number of halogens is 3. The Kier molecular flexibility index (Phi) is 5.40. The van der Waals surface area contributed by atoms with Crippen LogP contribution in [0.1, 0.15) is 19.3 Å². The fraction of sp³-hybridized carbons (Fsp3) is 0.909. The van der Waals surface area contributed by atoms with Gasteiger partial charge in [0.05, 0.1) is 6.61 Å². The smallest absolute Gasteiger partial charge is 0.384 e. The zero-order valence-corrected chi connectivity index (χ0v) is 10.4. The molecule has 106 valence electrons. The van der Waals surface area contributed by atoms with Gasteiger partial charge in [0.25, 0.3) is 0 Å². The highest BCUT2D eigenvalue weighted by atomic mass is 19.4. The van der Waals surface area contributed by atoms with Crippen molar-refractivity contribution in [1.82, 2.24) is 10.6 Å². The maximum atomic E-state index is 12.0. The van der Waals surface area contributed by atoms with E-state index in [1.807, 2.05) is 0 Å². The molecule has 0 bridgehead atoms. The van der Waals surface area contributed by atoms with Gasteiger partial charge in [0.1, 0.15) is 6.42 Å². The fourth-order valence-corrected chi connectivity index (χ4v) is 2.17. The van der Waals surface area contributed by atoms with Crippen LogP contribution in [0.3, 0.4) is 0 Å². The van der Waals surface area contributed by atoms with Crippen molar-refractivity contribution in [2.45, 2.75) is 25.4 Å². The molecule has 0 aromatic carbocycles. The third-order valence-electron chi connectivity index (χ3n) is 3.14. The van der Waals surface area contributed by atoms with E-state index >= 15 is 0 Å². The third kappa shape index (κ3) is 5.22. The number of ether oxygens (including phenoxy) is 1. The number of nitrogens with one attached hydrogen (secondary N) is 2. The summed E-state index contributed by atoms with van der Waals surface area (Å²) < 4.78 is 41.2. The number of carbonyl (C=O) groups excluding carboxylic acids is 1. The maximum Gasteiger partial charge on any atom is 0.397 e. The molecule has 7 heteroatoms. The molecule has 0 saturated carbocycles. The summed E-state index contributed by atoms with van der Waals surface area (Å²) in [5.74, 6) is -0.975. The highest BCUT2D eigenvalue weighted by Crippen LogP contribution is 2.28. The van der Waals surface area contributed by atoms with E-state index in [0.29, 0.717) is 6.61 Å². The lowest BCUT2D eigenvalue weighted by Crippen LogP contribution is -2.47. The highest BCUT2D eigenvalue weighted by molar-refractivity contribution is 5.76. The number of alkyl halides is 3. The summed E-state index contributed by atoms with van der Waals surface area (Å²) in [5, 5.41) is 5.54. The van der Waals surface area contributed by atoms with Gasteiger partial charge in [0.2, 0.25) is 5.91 Å². The second kappa shape index (κ2) is 6.38. The lowest BCUT2D eigenvalue weighted by atomic mass is 9.79. The van der Waals surface area contributed by atoms with E-state index in [-0.39, 0.29) is 12.0 Å². The number of carbonyl (C=O) groups is 1. The van der Waals surface area contributed by atoms with Gasteiger partial charge in [-0.1, -0.05) is 0 Å². The number of rotatable bonds is 5. The van der Waals surface area contributed by atoms with Gasteiger partial charge in [-0.2, -0.15) is 13.2 Å². The van der Waals surface area contributed by atoms with Crippen molar-refractivity contribution >= 4 is 5.91 Å². The van der Waals surface area contributed by atoms with Crippen LogP contribution < -0.4 is 10.6 Å². The van der Waals surface area contributed by atoms with Crippen molar-refractivity contribution in [3.8, 4) is 0 Å². The zero-order chi connectivity index (χ0) is 13.6. The molecule has 1 aliphatic rings. The molecular weight excluding hydrogens is 249 g/mol. The number of methoxy groups -OCH3 is 1. The number of hydrogen-bond acceptors (Lipinski definition) is 3. The first-order valence-corrected chi connectivity index (χ1v) is 5.90. The van der Waals surface area contributed by atoms with Crippen LogP contribution in [0.15, 0.2) is 0 Å². The Morgan fingerprint density at radius 3 is 2.50 bits per heavy atom. The molecule has 1 fully saturated rings. The monoisotopic (exact) mass is 268 g/mol. The van der Waals surface area contributed by atoms with Crippen molar-refractivity contribution in [1.29, 1.82) is 0 Å². The van der Waals surface area contributed by atoms with Gasteiger partial charge in [-0.25, -0.2) is 0 Å². The molecule has 18 heavy (non-hydrogen) atoms. The molecule has 0 atom stereocenters. The Morgan fingerprint density at radius 1 is 1.39 bits per heavy atom. The molecule has 1 amide bonds. The number of amides is 1. The third-order valence-corrected chi connectivity index (χ3v) is 3.14. The summed E-state index contributed by atoms with van der Waals surface area (Å²) in [6.45, 7) is 2.26. The van der Waals surface area contributed by atoms with Crippen LogP contribution in [-0.2, 0) is 9.53 Å². The Balaban J connectivity index is 2.44. The molecule has 1 heterocycles. The summed E-state index contributed by atoms with van der Waals surface area (Å²) in [5.41, 5.74) is -0.249. The van der Waals surface area contributed by atoms with Gasteiger partial charge < -0.3 is 15.4 Å². The lowest BCUT2D eigenvalue weighted by Gasteiger charge is -2.37. The minimum absolute atomic E-state index is 0.234. The second-order valence-electron chi connectivity index (χ2n) is 4.75. The van der Waals surface area contributed by atoms with Crippen molar-refractivity contribution < 1.29 is 22.7 Å². The minimum atomic E-state index is -4.45. The van der Waals surface area contributed by atoms with E-state index in [1.165, 1.54) is 0 Å². The normalized spacial score (nSPS) is 19.6. The van der Waals surface area contributed by atoms with Gasteiger partial charge in [0, 0.05) is 19.1 Å². The molecule has 0 aliphatic carbocycles. The van der Waals surface area contributed by atoms with E-state index in [9.17, 15) is 18.0 Å². The van der Waals surface area contributed by atoms with Crippen LogP contribution in [0, 0.1) is 5.41 Å². The van der Waals surface area contributed by atoms with Gasteiger partial charge in [-0.3, -0.25) is 4.79 Å². The van der Waals surface area contributed by atoms with Crippen LogP contribution in [0.4, 0.5) is 13.2 Å². The molecule has 0 spiro atoms. The first-order chi connectivity index (χ1) is 8.37. The summed E-state index contributed by atoms with van der Waals surface area (Å²) in [6, 6.07) is 0. The second-order valence-corrected chi connectivity index (χ2v) is 4.75. The summed E-state index contributed by atoms with van der Waals surface area (Å²) in [7, 11) is 1.56. The first kappa shape index (κ1) is 15.2. The molecule has 1 aliphatic heterocycles. The quantitative estimate of drug-likeness (QED) is 0.784. The van der Waals surface area contributed by atoms with Crippen LogP contribution in [0.5, 0.6) is 0 Å². The summed E-state index contributed by atoms with van der Waals surface area (Å²) in [6.07, 6.45) is -4.30. The average molecular weight is 268 g/mol. The van der Waals surface area contributed by atoms with E-state index in [4.69, 9.17) is 4.74 Å². The standard InChI is InChI=1S/C11H19F3N2O2/c1-18-8-10(2-4-15-5-3-10)7-16-9(17)6-11(12,13)14/h15H,2-8H2,1H3,(H,16,17). The van der Waals surface area contributed by atoms with E-state index in [2.05, 4.69) is 10.6 Å². The van der Waals surface area contributed by atoms with E-state index < -0.39 is 18.5 Å². The van der Waals surface area contributed by atoms with E-state index in [0.717, 1.165) is 25.9 Å². The molecule has 1 rings (SSSR count). The predicted octanol–water partition coefficient (Wildman–Crippen LogP) is 1.07. The van der Waals surface area contributed by atoms with Crippen LogP contribution in [-0.4, -0.2) is 45.4 Å². The van der Waals surface area contributed by atoms with Gasteiger partial charge in [0.15, 0.2) is 0 Å². The molecular formula is C11H19F3N2O2. The Labute approximate surface area is 104 Å². The first-order valence-electron chi connectivity index (χ1n) is 5.90. The fourth-order valence-electron chi connectivity index (χ4n) is 2.17. The molecule has 0 aromatic rings. The lowest BCUT2D eigenvalue weighted by molar-refractivity contribution is -0.154. The minimum Gasteiger partial charge on any atom is -0.384 e. The molecule has 4 nitrogen and oxygen atoms in total. The number of piperidine rings is 1. The zero-order valence-electron chi connectivity index (χ0n) is 10.4. The van der Waals surface area contributed by atoms with Gasteiger partial charge in [-0.15, -0.1) is 0 Å². The Hall–Kier alpha value is -0.820. The summed E-state index contributed by atoms with van der Waals surface area (Å²) in [4.78, 5) is 11.2. The average Bonchev–Trinajstić information content (AvgIpc) is 2.26. The van der Waals surface area contributed by atoms with Crippen molar-refractivity contribution in [2.75, 3.05) is 33.4 Å². The van der Waals surface area contributed by atoms with E-state index in [1.54, 1.807) is 7.11 Å². The molecule has 0 radical (unpaired) electrons. The summed E-state index contributed by atoms with van der Waals surface area (Å²) >= 11 is 0. The Bertz CT molecular complexity index is 270. The Morgan fingerprint density at radius 2 is 2.00 bits per heavy atom. The predicted molar refractivity (Wildman–Crippen MR) is 60.1 cm³/mol. The van der Waals surface area contributed by atoms with Crippen molar-refractivity contribution in [2.24, 2.45) is 5.41 Å². The van der Waals surface area contributed by atoms with Crippen molar-refractivity contribution in [3.63, 3.8) is 0 Å². The van der Waals surface area contributed by atoms with Crippen LogP contribution in [0.25, 0.3) is 0 Å². The topological polar surface area (TPSA) is 50.4 Å². The van der Waals surface area contributed by atoms with Gasteiger partial charge >= 0.3 is 6.18 Å².